The van der Waals surface area contributed by atoms with Crippen LogP contribution >= 0.6 is 0 Å². The Kier molecular flexibility index (Phi) is 4.63. The van der Waals surface area contributed by atoms with E-state index in [4.69, 9.17) is 5.73 Å². The van der Waals surface area contributed by atoms with E-state index in [-0.39, 0.29) is 5.91 Å². The second-order valence-corrected chi connectivity index (χ2v) is 5.90. The molecule has 1 aliphatic heterocycles. The molecule has 3 unspecified atom stereocenters. The zero-order valence-electron chi connectivity index (χ0n) is 12.5. The van der Waals surface area contributed by atoms with Crippen molar-refractivity contribution in [2.45, 2.75) is 38.8 Å². The minimum absolute atomic E-state index is 0.307. The van der Waals surface area contributed by atoms with Crippen LogP contribution in [0, 0.1) is 12.8 Å². The molecule has 0 aromatic heterocycles. The minimum Gasteiger partial charge on any atom is -0.480 e. The van der Waals surface area contributed by atoms with Gasteiger partial charge in [-0.05, 0) is 31.2 Å². The van der Waals surface area contributed by atoms with Crippen LogP contribution in [0.5, 0.6) is 0 Å². The first-order valence-electron chi connectivity index (χ1n) is 7.25. The molecule has 1 saturated heterocycles. The molecule has 3 N–H and O–H groups in total. The zero-order valence-corrected chi connectivity index (χ0v) is 12.5. The van der Waals surface area contributed by atoms with Crippen molar-refractivity contribution >= 4 is 11.9 Å². The van der Waals surface area contributed by atoms with Gasteiger partial charge in [-0.25, -0.2) is 4.79 Å². The Labute approximate surface area is 124 Å². The van der Waals surface area contributed by atoms with Crippen LogP contribution in [-0.4, -0.2) is 34.5 Å². The summed E-state index contributed by atoms with van der Waals surface area (Å²) < 4.78 is 0. The van der Waals surface area contributed by atoms with Crippen molar-refractivity contribution in [2.75, 3.05) is 6.54 Å². The van der Waals surface area contributed by atoms with Crippen molar-refractivity contribution in [1.29, 1.82) is 0 Å². The van der Waals surface area contributed by atoms with E-state index in [1.54, 1.807) is 0 Å². The third kappa shape index (κ3) is 3.42. The van der Waals surface area contributed by atoms with E-state index >= 15 is 0 Å². The highest BCUT2D eigenvalue weighted by atomic mass is 16.4. The molecule has 1 aromatic rings. The lowest BCUT2D eigenvalue weighted by molar-refractivity contribution is -0.153. The molecule has 1 aliphatic rings. The van der Waals surface area contributed by atoms with Crippen molar-refractivity contribution in [3.05, 3.63) is 35.4 Å². The number of aliphatic carboxylic acids is 1. The fourth-order valence-electron chi connectivity index (χ4n) is 2.73. The summed E-state index contributed by atoms with van der Waals surface area (Å²) in [6.07, 6.45) is 1.30. The lowest BCUT2D eigenvalue weighted by Crippen LogP contribution is -2.52. The Bertz CT molecular complexity index is 527. The summed E-state index contributed by atoms with van der Waals surface area (Å²) in [6, 6.07) is 5.87. The molecule has 3 atom stereocenters. The van der Waals surface area contributed by atoms with Crippen LogP contribution in [0.3, 0.4) is 0 Å². The number of amides is 1. The summed E-state index contributed by atoms with van der Waals surface area (Å²) in [4.78, 5) is 25.3. The standard InChI is InChI=1S/C16H22N2O3/c1-10-3-5-12(6-4-10)14(17)15(19)18-8-7-11(2)9-13(18)16(20)21/h3-6,11,13-14H,7-9,17H2,1-2H3,(H,20,21). The predicted molar refractivity (Wildman–Crippen MR) is 79.6 cm³/mol. The largest absolute Gasteiger partial charge is 0.480 e. The van der Waals surface area contributed by atoms with Gasteiger partial charge < -0.3 is 15.7 Å². The number of nitrogens with two attached hydrogens (primary N) is 1. The molecule has 1 aromatic carbocycles. The van der Waals surface area contributed by atoms with E-state index < -0.39 is 18.1 Å². The number of hydrogen-bond donors (Lipinski definition) is 2. The van der Waals surface area contributed by atoms with Gasteiger partial charge in [0.2, 0.25) is 5.91 Å². The fraction of sp³-hybridized carbons (Fsp3) is 0.500. The van der Waals surface area contributed by atoms with Crippen molar-refractivity contribution in [2.24, 2.45) is 11.7 Å². The fourth-order valence-corrected chi connectivity index (χ4v) is 2.73. The lowest BCUT2D eigenvalue weighted by Gasteiger charge is -2.37. The highest BCUT2D eigenvalue weighted by Gasteiger charge is 2.36. The number of hydrogen-bond acceptors (Lipinski definition) is 3. The molecule has 2 rings (SSSR count). The van der Waals surface area contributed by atoms with E-state index in [0.717, 1.165) is 12.0 Å². The van der Waals surface area contributed by atoms with Gasteiger partial charge in [0.05, 0.1) is 0 Å². The van der Waals surface area contributed by atoms with Gasteiger partial charge >= 0.3 is 5.97 Å². The number of rotatable bonds is 3. The number of piperidine rings is 1. The highest BCUT2D eigenvalue weighted by Crippen LogP contribution is 2.25. The number of benzene rings is 1. The van der Waals surface area contributed by atoms with Crippen LogP contribution in [0.1, 0.15) is 36.9 Å². The normalized spacial score (nSPS) is 23.7. The third-order valence-electron chi connectivity index (χ3n) is 4.14. The van der Waals surface area contributed by atoms with Crippen molar-refractivity contribution in [1.82, 2.24) is 4.90 Å². The number of aryl methyl sites for hydroxylation is 1. The van der Waals surface area contributed by atoms with Crippen LogP contribution < -0.4 is 5.73 Å². The average molecular weight is 290 g/mol. The molecule has 1 amide bonds. The molecule has 21 heavy (non-hydrogen) atoms. The van der Waals surface area contributed by atoms with Crippen LogP contribution in [-0.2, 0) is 9.59 Å². The first-order valence-corrected chi connectivity index (χ1v) is 7.25. The van der Waals surface area contributed by atoms with Gasteiger partial charge in [0.1, 0.15) is 12.1 Å². The summed E-state index contributed by atoms with van der Waals surface area (Å²) in [5, 5.41) is 9.33. The predicted octanol–water partition coefficient (Wildman–Crippen LogP) is 1.71. The molecule has 1 heterocycles. The summed E-state index contributed by atoms with van der Waals surface area (Å²) >= 11 is 0. The van der Waals surface area contributed by atoms with Gasteiger partial charge in [-0.1, -0.05) is 36.8 Å². The van der Waals surface area contributed by atoms with E-state index in [9.17, 15) is 14.7 Å². The molecule has 0 aliphatic carbocycles. The summed E-state index contributed by atoms with van der Waals surface area (Å²) in [5.74, 6) is -0.949. The van der Waals surface area contributed by atoms with Gasteiger partial charge in [-0.15, -0.1) is 0 Å². The Morgan fingerprint density at radius 3 is 2.52 bits per heavy atom. The monoisotopic (exact) mass is 290 g/mol. The van der Waals surface area contributed by atoms with E-state index in [0.29, 0.717) is 24.4 Å². The second-order valence-electron chi connectivity index (χ2n) is 5.90. The number of nitrogens with zero attached hydrogens (tertiary/aromatic N) is 1. The van der Waals surface area contributed by atoms with Gasteiger partial charge in [-0.3, -0.25) is 4.79 Å². The Morgan fingerprint density at radius 2 is 1.95 bits per heavy atom. The van der Waals surface area contributed by atoms with Gasteiger partial charge in [0, 0.05) is 6.54 Å². The lowest BCUT2D eigenvalue weighted by atomic mass is 9.91. The number of carboxylic acids is 1. The number of carboxylic acid groups (broad SMARTS) is 1. The third-order valence-corrected chi connectivity index (χ3v) is 4.14. The van der Waals surface area contributed by atoms with Gasteiger partial charge in [0.25, 0.3) is 0 Å². The first kappa shape index (κ1) is 15.5. The maximum atomic E-state index is 12.5. The van der Waals surface area contributed by atoms with Crippen molar-refractivity contribution < 1.29 is 14.7 Å². The average Bonchev–Trinajstić information content (AvgIpc) is 2.46. The Hall–Kier alpha value is -1.88. The highest BCUT2D eigenvalue weighted by molar-refractivity contribution is 5.88. The first-order chi connectivity index (χ1) is 9.90. The summed E-state index contributed by atoms with van der Waals surface area (Å²) in [5.41, 5.74) is 7.84. The summed E-state index contributed by atoms with van der Waals surface area (Å²) in [6.45, 7) is 4.43. The van der Waals surface area contributed by atoms with Crippen LogP contribution in [0.2, 0.25) is 0 Å². The van der Waals surface area contributed by atoms with Crippen LogP contribution in [0.4, 0.5) is 0 Å². The van der Waals surface area contributed by atoms with Crippen LogP contribution in [0.15, 0.2) is 24.3 Å². The van der Waals surface area contributed by atoms with Crippen LogP contribution in [0.25, 0.3) is 0 Å². The molecule has 0 bridgehead atoms. The van der Waals surface area contributed by atoms with E-state index in [1.807, 2.05) is 38.1 Å². The zero-order chi connectivity index (χ0) is 15.6. The topological polar surface area (TPSA) is 83.6 Å². The molecule has 5 heteroatoms. The molecular formula is C16H22N2O3. The number of likely N-dealkylation sites (tertiary alicyclic amines) is 1. The smallest absolute Gasteiger partial charge is 0.326 e. The molecule has 5 nitrogen and oxygen atoms in total. The van der Waals surface area contributed by atoms with Crippen molar-refractivity contribution in [3.8, 4) is 0 Å². The van der Waals surface area contributed by atoms with Gasteiger partial charge in [0.15, 0.2) is 0 Å². The number of carbonyl (C=O) groups excluding carboxylic acids is 1. The molecule has 0 saturated carbocycles. The second kappa shape index (κ2) is 6.26. The Balaban J connectivity index is 2.17. The van der Waals surface area contributed by atoms with Gasteiger partial charge in [-0.2, -0.15) is 0 Å². The maximum Gasteiger partial charge on any atom is 0.326 e. The van der Waals surface area contributed by atoms with E-state index in [2.05, 4.69) is 0 Å². The quantitative estimate of drug-likeness (QED) is 0.887. The SMILES string of the molecule is Cc1ccc(C(N)C(=O)N2CCC(C)CC2C(=O)O)cc1. The molecule has 0 spiro atoms. The molecule has 1 fully saturated rings. The minimum atomic E-state index is -0.953. The van der Waals surface area contributed by atoms with E-state index in [1.165, 1.54) is 4.90 Å². The maximum absolute atomic E-state index is 12.5. The number of carbonyl (C=O) groups is 2. The molecular weight excluding hydrogens is 268 g/mol. The molecule has 114 valence electrons. The van der Waals surface area contributed by atoms with Crippen molar-refractivity contribution in [3.63, 3.8) is 0 Å². The Morgan fingerprint density at radius 1 is 1.33 bits per heavy atom. The summed E-state index contributed by atoms with van der Waals surface area (Å²) in [7, 11) is 0. The molecule has 0 radical (unpaired) electrons.